The predicted octanol–water partition coefficient (Wildman–Crippen LogP) is 2.39. The standard InChI is InChI=1S/C20H24N2O3/c1-18(2)12-22(13-19(25-18)9-10-24-14-19)17(23)20(7-8-20)16-5-3-15(11-21)4-6-16/h3-6H,7-10,12-14H2,1-2H3. The highest BCUT2D eigenvalue weighted by molar-refractivity contribution is 5.91. The van der Waals surface area contributed by atoms with E-state index in [4.69, 9.17) is 14.7 Å². The molecule has 132 valence electrons. The number of nitriles is 1. The maximum atomic E-state index is 13.4. The Hall–Kier alpha value is -1.90. The molecule has 3 fully saturated rings. The van der Waals surface area contributed by atoms with E-state index < -0.39 is 5.41 Å². The lowest BCUT2D eigenvalue weighted by atomic mass is 9.89. The van der Waals surface area contributed by atoms with Crippen molar-refractivity contribution < 1.29 is 14.3 Å². The molecule has 2 saturated heterocycles. The van der Waals surface area contributed by atoms with E-state index in [0.29, 0.717) is 31.9 Å². The summed E-state index contributed by atoms with van der Waals surface area (Å²) in [5.41, 5.74) is 0.502. The largest absolute Gasteiger partial charge is 0.378 e. The van der Waals surface area contributed by atoms with E-state index in [0.717, 1.165) is 24.8 Å². The van der Waals surface area contributed by atoms with Crippen molar-refractivity contribution in [2.24, 2.45) is 0 Å². The van der Waals surface area contributed by atoms with Crippen molar-refractivity contribution in [3.8, 4) is 6.07 Å². The number of ether oxygens (including phenoxy) is 2. The topological polar surface area (TPSA) is 62.6 Å². The lowest BCUT2D eigenvalue weighted by Gasteiger charge is -2.48. The number of nitrogens with zero attached hydrogens (tertiary/aromatic N) is 2. The number of hydrogen-bond acceptors (Lipinski definition) is 4. The van der Waals surface area contributed by atoms with Crippen molar-refractivity contribution >= 4 is 5.91 Å². The molecule has 1 spiro atoms. The first-order chi connectivity index (χ1) is 11.9. The van der Waals surface area contributed by atoms with Crippen molar-refractivity contribution in [3.05, 3.63) is 35.4 Å². The number of amides is 1. The fourth-order valence-corrected chi connectivity index (χ4v) is 4.37. The van der Waals surface area contributed by atoms with Crippen molar-refractivity contribution in [1.82, 2.24) is 4.90 Å². The molecule has 1 aliphatic carbocycles. The second-order valence-electron chi connectivity index (χ2n) is 8.28. The van der Waals surface area contributed by atoms with E-state index in [1.807, 2.05) is 30.9 Å². The zero-order valence-electron chi connectivity index (χ0n) is 14.9. The maximum absolute atomic E-state index is 13.4. The molecule has 0 radical (unpaired) electrons. The molecule has 3 aliphatic rings. The zero-order chi connectivity index (χ0) is 17.7. The average molecular weight is 340 g/mol. The molecule has 2 heterocycles. The molecule has 5 heteroatoms. The molecular weight excluding hydrogens is 316 g/mol. The van der Waals surface area contributed by atoms with Gasteiger partial charge in [0, 0.05) is 19.6 Å². The van der Waals surface area contributed by atoms with Crippen LogP contribution in [-0.4, -0.2) is 48.3 Å². The highest BCUT2D eigenvalue weighted by atomic mass is 16.6. The third kappa shape index (κ3) is 2.84. The Balaban J connectivity index is 1.60. The van der Waals surface area contributed by atoms with Crippen molar-refractivity contribution in [3.63, 3.8) is 0 Å². The summed E-state index contributed by atoms with van der Waals surface area (Å²) in [7, 11) is 0. The van der Waals surface area contributed by atoms with E-state index >= 15 is 0 Å². The Labute approximate surface area is 148 Å². The monoisotopic (exact) mass is 340 g/mol. The van der Waals surface area contributed by atoms with E-state index in [9.17, 15) is 4.79 Å². The van der Waals surface area contributed by atoms with E-state index in [2.05, 4.69) is 6.07 Å². The highest BCUT2D eigenvalue weighted by Crippen LogP contribution is 2.50. The molecule has 0 N–H and O–H groups in total. The SMILES string of the molecule is CC1(C)CN(C(=O)C2(c3ccc(C#N)cc3)CC2)CC2(CCOC2)O1. The molecule has 0 aromatic heterocycles. The Bertz CT molecular complexity index is 722. The molecule has 1 aromatic rings. The number of morpholine rings is 1. The van der Waals surface area contributed by atoms with Crippen LogP contribution in [0.3, 0.4) is 0 Å². The average Bonchev–Trinajstić information content (AvgIpc) is 3.29. The van der Waals surface area contributed by atoms with Gasteiger partial charge in [-0.05, 0) is 44.4 Å². The molecule has 0 bridgehead atoms. The van der Waals surface area contributed by atoms with Crippen LogP contribution in [0.2, 0.25) is 0 Å². The molecule has 1 atom stereocenters. The number of carbonyl (C=O) groups excluding carboxylic acids is 1. The van der Waals surface area contributed by atoms with Gasteiger partial charge in [-0.3, -0.25) is 4.79 Å². The molecule has 1 amide bonds. The third-order valence-electron chi connectivity index (χ3n) is 5.62. The Morgan fingerprint density at radius 2 is 1.88 bits per heavy atom. The van der Waals surface area contributed by atoms with Crippen molar-refractivity contribution in [1.29, 1.82) is 5.26 Å². The van der Waals surface area contributed by atoms with Gasteiger partial charge in [-0.25, -0.2) is 0 Å². The van der Waals surface area contributed by atoms with Gasteiger partial charge < -0.3 is 14.4 Å². The first-order valence-electron chi connectivity index (χ1n) is 8.96. The molecule has 25 heavy (non-hydrogen) atoms. The lowest BCUT2D eigenvalue weighted by molar-refractivity contribution is -0.200. The minimum absolute atomic E-state index is 0.194. The second-order valence-corrected chi connectivity index (χ2v) is 8.28. The van der Waals surface area contributed by atoms with Crippen LogP contribution < -0.4 is 0 Å². The molecule has 4 rings (SSSR count). The van der Waals surface area contributed by atoms with Gasteiger partial charge in [0.15, 0.2) is 0 Å². The Morgan fingerprint density at radius 3 is 2.44 bits per heavy atom. The fraction of sp³-hybridized carbons (Fsp3) is 0.600. The fourth-order valence-electron chi connectivity index (χ4n) is 4.37. The number of rotatable bonds is 2. The molecular formula is C20H24N2O3. The van der Waals surface area contributed by atoms with Gasteiger partial charge in [-0.2, -0.15) is 5.26 Å². The van der Waals surface area contributed by atoms with Crippen molar-refractivity contribution in [2.45, 2.75) is 49.7 Å². The maximum Gasteiger partial charge on any atom is 0.233 e. The van der Waals surface area contributed by atoms with Gasteiger partial charge in [-0.15, -0.1) is 0 Å². The van der Waals surface area contributed by atoms with E-state index in [-0.39, 0.29) is 17.1 Å². The summed E-state index contributed by atoms with van der Waals surface area (Å²) in [4.78, 5) is 15.4. The molecule has 2 aliphatic heterocycles. The molecule has 5 nitrogen and oxygen atoms in total. The van der Waals surface area contributed by atoms with Crippen molar-refractivity contribution in [2.75, 3.05) is 26.3 Å². The van der Waals surface area contributed by atoms with Crippen LogP contribution in [-0.2, 0) is 19.7 Å². The van der Waals surface area contributed by atoms with Gasteiger partial charge >= 0.3 is 0 Å². The normalized spacial score (nSPS) is 29.4. The Morgan fingerprint density at radius 1 is 1.16 bits per heavy atom. The van der Waals surface area contributed by atoms with Crippen LogP contribution in [0.5, 0.6) is 0 Å². The predicted molar refractivity (Wildman–Crippen MR) is 92.0 cm³/mol. The van der Waals surface area contributed by atoms with E-state index in [1.165, 1.54) is 0 Å². The third-order valence-corrected chi connectivity index (χ3v) is 5.62. The number of carbonyl (C=O) groups is 1. The van der Waals surface area contributed by atoms with Crippen LogP contribution in [0.25, 0.3) is 0 Å². The van der Waals surface area contributed by atoms with Crippen LogP contribution >= 0.6 is 0 Å². The van der Waals surface area contributed by atoms with Gasteiger partial charge in [-0.1, -0.05) is 12.1 Å². The van der Waals surface area contributed by atoms with Gasteiger partial charge in [0.25, 0.3) is 0 Å². The number of benzene rings is 1. The van der Waals surface area contributed by atoms with Gasteiger partial charge in [0.1, 0.15) is 5.60 Å². The van der Waals surface area contributed by atoms with Crippen LogP contribution in [0.1, 0.15) is 44.2 Å². The summed E-state index contributed by atoms with van der Waals surface area (Å²) in [6.45, 7) is 6.56. The first kappa shape index (κ1) is 16.6. The quantitative estimate of drug-likeness (QED) is 0.829. The van der Waals surface area contributed by atoms with Gasteiger partial charge in [0.05, 0.1) is 35.8 Å². The molecule has 1 aromatic carbocycles. The zero-order valence-corrected chi connectivity index (χ0v) is 14.9. The van der Waals surface area contributed by atoms with Crippen LogP contribution in [0, 0.1) is 11.3 Å². The lowest BCUT2D eigenvalue weighted by Crippen LogP contribution is -2.62. The van der Waals surface area contributed by atoms with E-state index in [1.54, 1.807) is 12.1 Å². The minimum Gasteiger partial charge on any atom is -0.378 e. The number of hydrogen-bond donors (Lipinski definition) is 0. The van der Waals surface area contributed by atoms with Crippen LogP contribution in [0.15, 0.2) is 24.3 Å². The summed E-state index contributed by atoms with van der Waals surface area (Å²) in [5, 5.41) is 8.98. The second kappa shape index (κ2) is 5.55. The highest BCUT2D eigenvalue weighted by Gasteiger charge is 2.56. The van der Waals surface area contributed by atoms with Crippen LogP contribution in [0.4, 0.5) is 0 Å². The summed E-state index contributed by atoms with van der Waals surface area (Å²) in [6, 6.07) is 9.61. The Kier molecular flexibility index (Phi) is 3.68. The molecule has 1 saturated carbocycles. The minimum atomic E-state index is -0.415. The summed E-state index contributed by atoms with van der Waals surface area (Å²) < 4.78 is 11.9. The molecule has 1 unspecified atom stereocenters. The summed E-state index contributed by atoms with van der Waals surface area (Å²) in [6.07, 6.45) is 2.59. The first-order valence-corrected chi connectivity index (χ1v) is 8.96. The smallest absolute Gasteiger partial charge is 0.233 e. The summed E-state index contributed by atoms with van der Waals surface area (Å²) >= 11 is 0. The summed E-state index contributed by atoms with van der Waals surface area (Å²) in [5.74, 6) is 0.194. The van der Waals surface area contributed by atoms with Gasteiger partial charge in [0.2, 0.25) is 5.91 Å².